The summed E-state index contributed by atoms with van der Waals surface area (Å²) in [7, 11) is 0. The van der Waals surface area contributed by atoms with Gasteiger partial charge in [-0.05, 0) is 41.3 Å². The molecular formula is C25H25N3O2. The van der Waals surface area contributed by atoms with Gasteiger partial charge in [0.15, 0.2) is 5.58 Å². The van der Waals surface area contributed by atoms with Crippen molar-refractivity contribution in [2.75, 3.05) is 31.1 Å². The molecule has 1 aliphatic heterocycles. The highest BCUT2D eigenvalue weighted by Crippen LogP contribution is 2.26. The van der Waals surface area contributed by atoms with Crippen LogP contribution in [0.2, 0.25) is 0 Å². The Balaban J connectivity index is 1.26. The van der Waals surface area contributed by atoms with Crippen LogP contribution in [0.4, 0.5) is 5.69 Å². The molecule has 1 aromatic heterocycles. The number of aromatic nitrogens is 1. The molecule has 0 saturated carbocycles. The minimum atomic E-state index is -0.398. The fraction of sp³-hybridized carbons (Fsp3) is 0.240. The van der Waals surface area contributed by atoms with Crippen molar-refractivity contribution in [1.29, 1.82) is 0 Å². The number of fused-ring (bicyclic) bond motifs is 1. The van der Waals surface area contributed by atoms with E-state index in [0.29, 0.717) is 5.58 Å². The van der Waals surface area contributed by atoms with Crippen molar-refractivity contribution in [2.45, 2.75) is 13.0 Å². The van der Waals surface area contributed by atoms with E-state index in [4.69, 9.17) is 4.42 Å². The summed E-state index contributed by atoms with van der Waals surface area (Å²) in [6.45, 7) is 4.71. The minimum Gasteiger partial charge on any atom is -0.406 e. The lowest BCUT2D eigenvalue weighted by molar-refractivity contribution is 0.250. The largest absolute Gasteiger partial charge is 0.417 e. The first-order chi connectivity index (χ1) is 14.8. The van der Waals surface area contributed by atoms with Gasteiger partial charge in [0, 0.05) is 32.7 Å². The number of oxazole rings is 1. The zero-order chi connectivity index (χ0) is 20.3. The number of hydrogen-bond acceptors (Lipinski definition) is 4. The molecule has 0 bridgehead atoms. The zero-order valence-electron chi connectivity index (χ0n) is 16.9. The third-order valence-electron chi connectivity index (χ3n) is 5.79. The number of hydrogen-bond donors (Lipinski definition) is 1. The van der Waals surface area contributed by atoms with Gasteiger partial charge < -0.3 is 9.32 Å². The molecule has 0 spiro atoms. The zero-order valence-corrected chi connectivity index (χ0v) is 16.9. The van der Waals surface area contributed by atoms with Crippen molar-refractivity contribution < 1.29 is 4.42 Å². The van der Waals surface area contributed by atoms with Crippen LogP contribution in [-0.4, -0.2) is 36.1 Å². The van der Waals surface area contributed by atoms with Gasteiger partial charge >= 0.3 is 5.76 Å². The van der Waals surface area contributed by atoms with Gasteiger partial charge in [0.25, 0.3) is 0 Å². The Kier molecular flexibility index (Phi) is 5.11. The maximum Gasteiger partial charge on any atom is 0.417 e. The molecule has 2 aliphatic rings. The molecule has 0 amide bonds. The molecule has 2 heterocycles. The predicted octanol–water partition coefficient (Wildman–Crippen LogP) is 4.34. The fourth-order valence-electron chi connectivity index (χ4n) is 4.23. The van der Waals surface area contributed by atoms with Gasteiger partial charge in [-0.1, -0.05) is 54.6 Å². The Hall–Kier alpha value is -3.31. The average molecular weight is 399 g/mol. The van der Waals surface area contributed by atoms with Gasteiger partial charge in [-0.3, -0.25) is 9.88 Å². The number of nitrogens with zero attached hydrogens (tertiary/aromatic N) is 2. The van der Waals surface area contributed by atoms with Gasteiger partial charge in [-0.15, -0.1) is 0 Å². The van der Waals surface area contributed by atoms with E-state index < -0.39 is 5.76 Å². The third kappa shape index (κ3) is 3.89. The molecule has 0 unspecified atom stereocenters. The Morgan fingerprint density at radius 1 is 1.00 bits per heavy atom. The van der Waals surface area contributed by atoms with Crippen molar-refractivity contribution in [1.82, 2.24) is 9.88 Å². The molecule has 5 rings (SSSR count). The van der Waals surface area contributed by atoms with E-state index in [0.717, 1.165) is 50.3 Å². The number of nitrogens with one attached hydrogen (secondary N) is 1. The first kappa shape index (κ1) is 18.7. The number of aromatic amines is 1. The number of piperazine rings is 1. The Morgan fingerprint density at radius 2 is 1.87 bits per heavy atom. The number of rotatable bonds is 4. The highest BCUT2D eigenvalue weighted by Gasteiger charge is 2.20. The van der Waals surface area contributed by atoms with Gasteiger partial charge in [0.2, 0.25) is 0 Å². The fourth-order valence-corrected chi connectivity index (χ4v) is 4.23. The van der Waals surface area contributed by atoms with E-state index >= 15 is 0 Å². The summed E-state index contributed by atoms with van der Waals surface area (Å²) in [5, 5.41) is 0. The molecule has 0 atom stereocenters. The standard InChI is InChI=1S/C25H25N3O2/c29-25-26-22-11-6-12-23(24(22)30-25)28-15-13-27(14-16-28)18-19-7-5-10-21(17-19)20-8-3-1-2-4-9-20/h1,3-12,17H,2,13-16,18H2,(H,26,29). The van der Waals surface area contributed by atoms with Crippen molar-refractivity contribution in [3.8, 4) is 0 Å². The van der Waals surface area contributed by atoms with Crippen LogP contribution in [0.1, 0.15) is 17.5 Å². The normalized spacial score (nSPS) is 17.3. The molecule has 0 radical (unpaired) electrons. The molecule has 1 N–H and O–H groups in total. The first-order valence-electron chi connectivity index (χ1n) is 10.5. The van der Waals surface area contributed by atoms with Crippen LogP contribution in [0.5, 0.6) is 0 Å². The molecular weight excluding hydrogens is 374 g/mol. The lowest BCUT2D eigenvalue weighted by Gasteiger charge is -2.36. The third-order valence-corrected chi connectivity index (χ3v) is 5.79. The molecule has 152 valence electrons. The van der Waals surface area contributed by atoms with Crippen molar-refractivity contribution in [2.24, 2.45) is 0 Å². The maximum absolute atomic E-state index is 11.6. The van der Waals surface area contributed by atoms with E-state index in [1.165, 1.54) is 16.7 Å². The van der Waals surface area contributed by atoms with Gasteiger partial charge in [-0.2, -0.15) is 0 Å². The van der Waals surface area contributed by atoms with Gasteiger partial charge in [0.1, 0.15) is 0 Å². The summed E-state index contributed by atoms with van der Waals surface area (Å²) in [6.07, 6.45) is 11.9. The molecule has 5 heteroatoms. The van der Waals surface area contributed by atoms with Crippen LogP contribution < -0.4 is 10.7 Å². The topological polar surface area (TPSA) is 52.5 Å². The summed E-state index contributed by atoms with van der Waals surface area (Å²) in [5.74, 6) is -0.398. The quantitative estimate of drug-likeness (QED) is 0.709. The smallest absolute Gasteiger partial charge is 0.406 e. The number of allylic oxidation sites excluding steroid dienone is 6. The summed E-state index contributed by atoms with van der Waals surface area (Å²) in [5.41, 5.74) is 6.27. The van der Waals surface area contributed by atoms with Crippen LogP contribution in [0.15, 0.2) is 82.1 Å². The monoisotopic (exact) mass is 399 g/mol. The van der Waals surface area contributed by atoms with Gasteiger partial charge in [-0.25, -0.2) is 4.79 Å². The number of para-hydroxylation sites is 1. The molecule has 1 saturated heterocycles. The Morgan fingerprint density at radius 3 is 2.77 bits per heavy atom. The van der Waals surface area contributed by atoms with Crippen LogP contribution in [0.3, 0.4) is 0 Å². The molecule has 5 nitrogen and oxygen atoms in total. The maximum atomic E-state index is 11.6. The van der Waals surface area contributed by atoms with Crippen LogP contribution in [0, 0.1) is 0 Å². The van der Waals surface area contributed by atoms with Crippen molar-refractivity contribution in [3.05, 3.63) is 94.5 Å². The summed E-state index contributed by atoms with van der Waals surface area (Å²) >= 11 is 0. The second kappa shape index (κ2) is 8.20. The van der Waals surface area contributed by atoms with E-state index in [1.807, 2.05) is 18.2 Å². The Labute approximate surface area is 175 Å². The number of benzene rings is 2. The van der Waals surface area contributed by atoms with Crippen molar-refractivity contribution in [3.63, 3.8) is 0 Å². The number of H-pyrrole nitrogens is 1. The van der Waals surface area contributed by atoms with Crippen molar-refractivity contribution >= 4 is 22.4 Å². The summed E-state index contributed by atoms with van der Waals surface area (Å²) in [6, 6.07) is 14.7. The van der Waals surface area contributed by atoms with E-state index in [9.17, 15) is 4.79 Å². The highest BCUT2D eigenvalue weighted by molar-refractivity contribution is 5.86. The summed E-state index contributed by atoms with van der Waals surface area (Å²) < 4.78 is 5.37. The lowest BCUT2D eigenvalue weighted by Crippen LogP contribution is -2.46. The van der Waals surface area contributed by atoms with Crippen LogP contribution in [0.25, 0.3) is 16.7 Å². The van der Waals surface area contributed by atoms with E-state index in [2.05, 4.69) is 69.4 Å². The summed E-state index contributed by atoms with van der Waals surface area (Å²) in [4.78, 5) is 19.1. The highest BCUT2D eigenvalue weighted by atomic mass is 16.4. The molecule has 1 fully saturated rings. The van der Waals surface area contributed by atoms with Crippen LogP contribution in [-0.2, 0) is 6.54 Å². The number of anilines is 1. The molecule has 1 aliphatic carbocycles. The second-order valence-electron chi connectivity index (χ2n) is 7.82. The average Bonchev–Trinajstić information content (AvgIpc) is 2.97. The van der Waals surface area contributed by atoms with Crippen LogP contribution >= 0.6 is 0 Å². The van der Waals surface area contributed by atoms with Gasteiger partial charge in [0.05, 0.1) is 11.2 Å². The molecule has 2 aromatic carbocycles. The Bertz CT molecular complexity index is 1190. The first-order valence-corrected chi connectivity index (χ1v) is 10.5. The van der Waals surface area contributed by atoms with E-state index in [1.54, 1.807) is 0 Å². The second-order valence-corrected chi connectivity index (χ2v) is 7.82. The predicted molar refractivity (Wildman–Crippen MR) is 122 cm³/mol. The SMILES string of the molecule is O=c1[nH]c2cccc(N3CCN(Cc4cccc(C5=CC=CCC=C5)c4)CC3)c2o1. The minimum absolute atomic E-state index is 0.398. The molecule has 3 aromatic rings. The van der Waals surface area contributed by atoms with E-state index in [-0.39, 0.29) is 0 Å². The molecule has 30 heavy (non-hydrogen) atoms. The lowest BCUT2D eigenvalue weighted by atomic mass is 10.0.